The van der Waals surface area contributed by atoms with E-state index < -0.39 is 0 Å². The van der Waals surface area contributed by atoms with Crippen molar-refractivity contribution in [1.82, 2.24) is 0 Å². The predicted molar refractivity (Wildman–Crippen MR) is 111 cm³/mol. The lowest BCUT2D eigenvalue weighted by molar-refractivity contribution is 0.664. The lowest BCUT2D eigenvalue weighted by Crippen LogP contribution is -1.95. The molecule has 0 unspecified atom stereocenters. The summed E-state index contributed by atoms with van der Waals surface area (Å²) in [7, 11) is 0. The Bertz CT molecular complexity index is 668. The van der Waals surface area contributed by atoms with E-state index in [0.717, 1.165) is 16.8 Å². The van der Waals surface area contributed by atoms with E-state index in [0.29, 0.717) is 0 Å². The molecule has 0 nitrogen and oxygen atoms in total. The largest absolute Gasteiger partial charge is 0.0795 e. The second-order valence-electron chi connectivity index (χ2n) is 6.26. The van der Waals surface area contributed by atoms with Crippen LogP contribution < -0.4 is 0 Å². The lowest BCUT2D eigenvalue weighted by atomic mass is 9.96. The van der Waals surface area contributed by atoms with Crippen LogP contribution in [0, 0.1) is 0 Å². The van der Waals surface area contributed by atoms with Crippen LogP contribution in [0.1, 0.15) is 61.8 Å². The van der Waals surface area contributed by atoms with Gasteiger partial charge in [0, 0.05) is 4.86 Å². The summed E-state index contributed by atoms with van der Waals surface area (Å²) in [6, 6.07) is 17.0. The Kier molecular flexibility index (Phi) is 7.91. The molecule has 0 atom stereocenters. The molecule has 0 amide bonds. The summed E-state index contributed by atoms with van der Waals surface area (Å²) in [6.07, 6.45) is 11.7. The van der Waals surface area contributed by atoms with Crippen LogP contribution in [0.3, 0.4) is 0 Å². The Morgan fingerprint density at radius 3 is 2.42 bits per heavy atom. The number of thiocarbonyl (C=S) groups is 1. The highest BCUT2D eigenvalue weighted by Crippen LogP contribution is 2.18. The van der Waals surface area contributed by atoms with Gasteiger partial charge in [-0.25, -0.2) is 0 Å². The zero-order valence-corrected chi connectivity index (χ0v) is 15.7. The summed E-state index contributed by atoms with van der Waals surface area (Å²) < 4.78 is 0. The molecule has 2 aromatic rings. The van der Waals surface area contributed by atoms with Crippen LogP contribution in [0.4, 0.5) is 0 Å². The van der Waals surface area contributed by atoms with E-state index in [4.69, 9.17) is 12.2 Å². The normalized spacial score (nSPS) is 11.1. The van der Waals surface area contributed by atoms with Gasteiger partial charge in [0.2, 0.25) is 0 Å². The zero-order chi connectivity index (χ0) is 17.2. The minimum Gasteiger partial charge on any atom is -0.0795 e. The molecule has 0 heterocycles. The van der Waals surface area contributed by atoms with E-state index in [-0.39, 0.29) is 0 Å². The highest BCUT2D eigenvalue weighted by atomic mass is 32.1. The van der Waals surface area contributed by atoms with Crippen molar-refractivity contribution in [1.29, 1.82) is 0 Å². The van der Waals surface area contributed by atoms with E-state index in [2.05, 4.69) is 50.3 Å². The summed E-state index contributed by atoms with van der Waals surface area (Å²) in [5.74, 6) is 0. The van der Waals surface area contributed by atoms with E-state index in [1.165, 1.54) is 48.8 Å². The first-order valence-electron chi connectivity index (χ1n) is 9.13. The van der Waals surface area contributed by atoms with Gasteiger partial charge in [-0.3, -0.25) is 0 Å². The molecule has 24 heavy (non-hydrogen) atoms. The zero-order valence-electron chi connectivity index (χ0n) is 14.9. The number of unbranched alkanes of at least 4 members (excludes halogenated alkanes) is 3. The van der Waals surface area contributed by atoms with Gasteiger partial charge in [0.25, 0.3) is 0 Å². The van der Waals surface area contributed by atoms with Gasteiger partial charge in [-0.15, -0.1) is 0 Å². The third-order valence-corrected chi connectivity index (χ3v) is 4.77. The Labute approximate surface area is 152 Å². The maximum Gasteiger partial charge on any atom is 0.0449 e. The lowest BCUT2D eigenvalue weighted by Gasteiger charge is -2.09. The molecule has 0 aliphatic carbocycles. The maximum atomic E-state index is 5.51. The number of rotatable bonds is 9. The fraction of sp³-hybridized carbons (Fsp3) is 0.348. The standard InChI is InChI=1S/C23H28S/c1-3-5-6-8-13-22-18-19(14-16-20(22)4-2)15-17-23(24)21-11-9-7-10-12-21/h7,9-12,14-18H,3-6,8,13H2,1-2H3. The first kappa shape index (κ1) is 18.6. The SMILES string of the molecule is CCCCCCc1cc(C=CC(=S)c2ccccc2)ccc1CC. The first-order valence-corrected chi connectivity index (χ1v) is 9.54. The maximum absolute atomic E-state index is 5.51. The molecular formula is C23H28S. The van der Waals surface area contributed by atoms with Crippen LogP contribution in [-0.2, 0) is 12.8 Å². The van der Waals surface area contributed by atoms with Gasteiger partial charge < -0.3 is 0 Å². The Morgan fingerprint density at radius 2 is 1.71 bits per heavy atom. The minimum absolute atomic E-state index is 0.889. The second kappa shape index (κ2) is 10.2. The van der Waals surface area contributed by atoms with Gasteiger partial charge in [-0.2, -0.15) is 0 Å². The van der Waals surface area contributed by atoms with Crippen LogP contribution in [0.15, 0.2) is 54.6 Å². The summed E-state index contributed by atoms with van der Waals surface area (Å²) in [4.78, 5) is 0.889. The minimum atomic E-state index is 0.889. The predicted octanol–water partition coefficient (Wildman–Crippen LogP) is 6.80. The van der Waals surface area contributed by atoms with Gasteiger partial charge in [-0.1, -0.05) is 99.9 Å². The Balaban J connectivity index is 2.07. The van der Waals surface area contributed by atoms with Gasteiger partial charge >= 0.3 is 0 Å². The molecule has 0 aliphatic heterocycles. The van der Waals surface area contributed by atoms with E-state index in [9.17, 15) is 0 Å². The summed E-state index contributed by atoms with van der Waals surface area (Å²) in [5, 5.41) is 0. The van der Waals surface area contributed by atoms with Gasteiger partial charge in [0.15, 0.2) is 0 Å². The van der Waals surface area contributed by atoms with Crippen LogP contribution in [0.5, 0.6) is 0 Å². The average molecular weight is 337 g/mol. The van der Waals surface area contributed by atoms with E-state index in [1.54, 1.807) is 0 Å². The van der Waals surface area contributed by atoms with Crippen LogP contribution in [0.2, 0.25) is 0 Å². The fourth-order valence-electron chi connectivity index (χ4n) is 2.94. The summed E-state index contributed by atoms with van der Waals surface area (Å²) in [5.41, 5.74) is 5.33. The molecule has 2 aromatic carbocycles. The van der Waals surface area contributed by atoms with Crippen molar-refractivity contribution in [3.05, 3.63) is 76.9 Å². The highest BCUT2D eigenvalue weighted by molar-refractivity contribution is 7.81. The van der Waals surface area contributed by atoms with Crippen molar-refractivity contribution in [3.8, 4) is 0 Å². The molecule has 0 N–H and O–H groups in total. The highest BCUT2D eigenvalue weighted by Gasteiger charge is 2.02. The Hall–Kier alpha value is -1.73. The van der Waals surface area contributed by atoms with Crippen LogP contribution in [-0.4, -0.2) is 4.86 Å². The van der Waals surface area contributed by atoms with Gasteiger partial charge in [0.1, 0.15) is 0 Å². The summed E-state index contributed by atoms with van der Waals surface area (Å²) in [6.45, 7) is 4.50. The monoisotopic (exact) mass is 336 g/mol. The van der Waals surface area contributed by atoms with Gasteiger partial charge in [-0.05, 0) is 47.6 Å². The van der Waals surface area contributed by atoms with Crippen LogP contribution in [0.25, 0.3) is 6.08 Å². The molecule has 0 spiro atoms. The van der Waals surface area contributed by atoms with Crippen LogP contribution >= 0.6 is 12.2 Å². The molecule has 0 saturated heterocycles. The fourth-order valence-corrected chi connectivity index (χ4v) is 3.14. The van der Waals surface area contributed by atoms with Crippen molar-refractivity contribution in [2.75, 3.05) is 0 Å². The number of allylic oxidation sites excluding steroid dienone is 1. The average Bonchev–Trinajstić information content (AvgIpc) is 2.64. The number of hydrogen-bond acceptors (Lipinski definition) is 1. The molecule has 0 saturated carbocycles. The molecule has 1 heteroatoms. The molecule has 0 aromatic heterocycles. The van der Waals surface area contributed by atoms with Crippen molar-refractivity contribution >= 4 is 23.2 Å². The molecule has 0 aliphatic rings. The van der Waals surface area contributed by atoms with Crippen molar-refractivity contribution < 1.29 is 0 Å². The van der Waals surface area contributed by atoms with Crippen molar-refractivity contribution in [3.63, 3.8) is 0 Å². The quantitative estimate of drug-likeness (QED) is 0.210. The number of hydrogen-bond donors (Lipinski definition) is 0. The third kappa shape index (κ3) is 5.72. The van der Waals surface area contributed by atoms with Crippen molar-refractivity contribution in [2.45, 2.75) is 52.4 Å². The number of benzene rings is 2. The molecular weight excluding hydrogens is 308 g/mol. The smallest absolute Gasteiger partial charge is 0.0449 e. The third-order valence-electron chi connectivity index (χ3n) is 4.40. The molecule has 0 radical (unpaired) electrons. The molecule has 0 fully saturated rings. The van der Waals surface area contributed by atoms with E-state index >= 15 is 0 Å². The first-order chi connectivity index (χ1) is 11.7. The Morgan fingerprint density at radius 1 is 0.917 bits per heavy atom. The summed E-state index contributed by atoms with van der Waals surface area (Å²) >= 11 is 5.51. The molecule has 0 bridgehead atoms. The topological polar surface area (TPSA) is 0 Å². The molecule has 2 rings (SSSR count). The number of aryl methyl sites for hydroxylation is 2. The molecule has 126 valence electrons. The van der Waals surface area contributed by atoms with Crippen molar-refractivity contribution in [2.24, 2.45) is 0 Å². The second-order valence-corrected chi connectivity index (χ2v) is 6.70. The van der Waals surface area contributed by atoms with E-state index in [1.807, 2.05) is 24.3 Å². The van der Waals surface area contributed by atoms with Gasteiger partial charge in [0.05, 0.1) is 0 Å².